The minimum Gasteiger partial charge on any atom is -0.465 e. The number of carbonyl (C=O) groups excluding carboxylic acids is 2. The fraction of sp³-hybridized carbons (Fsp3) is 0.222. The molecule has 0 saturated carbocycles. The summed E-state index contributed by atoms with van der Waals surface area (Å²) in [5, 5.41) is 0.602. The summed E-state index contributed by atoms with van der Waals surface area (Å²) in [5.74, 6) is 0.523. The summed E-state index contributed by atoms with van der Waals surface area (Å²) in [5.41, 5.74) is 0.608. The molecule has 1 saturated heterocycles. The Morgan fingerprint density at radius 2 is 1.67 bits per heavy atom. The molecule has 2 heterocycles. The molecule has 5 nitrogen and oxygen atoms in total. The van der Waals surface area contributed by atoms with Gasteiger partial charge >= 0.3 is 0 Å². The molecule has 1 aromatic heterocycles. The standard InChI is InChI=1S/C18H17ClN2O3/c19-15-5-3-14(4-6-15)18(23)21-11-9-20(10-12-21)17(22)8-7-16-2-1-13-24-16/h1-8,13H,9-12H2/b8-7-. The average molecular weight is 345 g/mol. The minimum atomic E-state index is -0.0787. The number of hydrogen-bond acceptors (Lipinski definition) is 3. The van der Waals surface area contributed by atoms with Crippen LogP contribution >= 0.6 is 11.6 Å². The fourth-order valence-corrected chi connectivity index (χ4v) is 2.68. The van der Waals surface area contributed by atoms with Crippen LogP contribution in [-0.4, -0.2) is 47.8 Å². The van der Waals surface area contributed by atoms with E-state index in [4.69, 9.17) is 16.0 Å². The van der Waals surface area contributed by atoms with Crippen molar-refractivity contribution in [3.8, 4) is 0 Å². The third kappa shape index (κ3) is 3.86. The molecule has 1 fully saturated rings. The van der Waals surface area contributed by atoms with Crippen LogP contribution in [0, 0.1) is 0 Å². The van der Waals surface area contributed by atoms with Crippen LogP contribution in [0.3, 0.4) is 0 Å². The van der Waals surface area contributed by atoms with Gasteiger partial charge in [-0.05, 0) is 42.5 Å². The van der Waals surface area contributed by atoms with Crippen LogP contribution in [0.4, 0.5) is 0 Å². The van der Waals surface area contributed by atoms with Crippen molar-refractivity contribution in [2.45, 2.75) is 0 Å². The Labute approximate surface area is 145 Å². The predicted octanol–water partition coefficient (Wildman–Crippen LogP) is 2.93. The van der Waals surface area contributed by atoms with Crippen LogP contribution in [0.15, 0.2) is 53.2 Å². The van der Waals surface area contributed by atoms with Crippen LogP contribution in [0.1, 0.15) is 16.1 Å². The topological polar surface area (TPSA) is 53.8 Å². The lowest BCUT2D eigenvalue weighted by atomic mass is 10.2. The second-order valence-electron chi connectivity index (χ2n) is 5.47. The maximum atomic E-state index is 12.4. The van der Waals surface area contributed by atoms with Crippen molar-refractivity contribution in [1.29, 1.82) is 0 Å². The van der Waals surface area contributed by atoms with Crippen LogP contribution in [0.5, 0.6) is 0 Å². The maximum Gasteiger partial charge on any atom is 0.253 e. The van der Waals surface area contributed by atoms with Gasteiger partial charge in [-0.15, -0.1) is 0 Å². The number of hydrogen-bond donors (Lipinski definition) is 0. The lowest BCUT2D eigenvalue weighted by Crippen LogP contribution is -2.50. The first-order chi connectivity index (χ1) is 11.6. The van der Waals surface area contributed by atoms with Gasteiger partial charge in [0.05, 0.1) is 6.26 Å². The Kier molecular flexibility index (Phi) is 5.01. The summed E-state index contributed by atoms with van der Waals surface area (Å²) in [6.45, 7) is 2.06. The summed E-state index contributed by atoms with van der Waals surface area (Å²) in [6.07, 6.45) is 4.70. The molecule has 1 aromatic carbocycles. The monoisotopic (exact) mass is 344 g/mol. The van der Waals surface area contributed by atoms with Crippen molar-refractivity contribution in [2.75, 3.05) is 26.2 Å². The Bertz CT molecular complexity index is 730. The largest absolute Gasteiger partial charge is 0.465 e. The fourth-order valence-electron chi connectivity index (χ4n) is 2.55. The van der Waals surface area contributed by atoms with Crippen molar-refractivity contribution >= 4 is 29.5 Å². The number of benzene rings is 1. The van der Waals surface area contributed by atoms with Gasteiger partial charge in [0.15, 0.2) is 0 Å². The highest BCUT2D eigenvalue weighted by atomic mass is 35.5. The smallest absolute Gasteiger partial charge is 0.253 e. The van der Waals surface area contributed by atoms with Crippen LogP contribution in [0.25, 0.3) is 6.08 Å². The molecule has 2 aromatic rings. The second-order valence-corrected chi connectivity index (χ2v) is 5.91. The van der Waals surface area contributed by atoms with E-state index >= 15 is 0 Å². The SMILES string of the molecule is O=C(/C=C\c1ccco1)N1CCN(C(=O)c2ccc(Cl)cc2)CC1. The van der Waals surface area contributed by atoms with E-state index in [1.807, 2.05) is 0 Å². The summed E-state index contributed by atoms with van der Waals surface area (Å²) in [6, 6.07) is 10.4. The van der Waals surface area contributed by atoms with Crippen molar-refractivity contribution in [3.63, 3.8) is 0 Å². The van der Waals surface area contributed by atoms with E-state index in [2.05, 4.69) is 0 Å². The minimum absolute atomic E-state index is 0.0371. The van der Waals surface area contributed by atoms with E-state index in [9.17, 15) is 9.59 Å². The lowest BCUT2D eigenvalue weighted by Gasteiger charge is -2.34. The molecule has 2 amide bonds. The molecule has 0 unspecified atom stereocenters. The number of amides is 2. The zero-order chi connectivity index (χ0) is 16.9. The molecule has 0 aliphatic carbocycles. The summed E-state index contributed by atoms with van der Waals surface area (Å²) < 4.78 is 5.16. The number of carbonyl (C=O) groups is 2. The van der Waals surface area contributed by atoms with Gasteiger partial charge in [-0.25, -0.2) is 0 Å². The third-order valence-corrected chi connectivity index (χ3v) is 4.16. The van der Waals surface area contributed by atoms with E-state index in [-0.39, 0.29) is 11.8 Å². The number of nitrogens with zero attached hydrogens (tertiary/aromatic N) is 2. The Morgan fingerprint density at radius 1 is 1.00 bits per heavy atom. The molecule has 1 aliphatic heterocycles. The first-order valence-corrected chi connectivity index (χ1v) is 8.06. The van der Waals surface area contributed by atoms with E-state index in [0.717, 1.165) is 0 Å². The first kappa shape index (κ1) is 16.3. The number of halogens is 1. The summed E-state index contributed by atoms with van der Waals surface area (Å²) >= 11 is 5.84. The quantitative estimate of drug-likeness (QED) is 0.804. The highest BCUT2D eigenvalue weighted by Crippen LogP contribution is 2.13. The molecule has 0 N–H and O–H groups in total. The van der Waals surface area contributed by atoms with Crippen LogP contribution in [-0.2, 0) is 4.79 Å². The van der Waals surface area contributed by atoms with Gasteiger partial charge in [-0.3, -0.25) is 9.59 Å². The summed E-state index contributed by atoms with van der Waals surface area (Å²) in [4.78, 5) is 28.1. The molecule has 0 spiro atoms. The first-order valence-electron chi connectivity index (χ1n) is 7.69. The zero-order valence-corrected chi connectivity index (χ0v) is 13.8. The second kappa shape index (κ2) is 7.36. The van der Waals surface area contributed by atoms with Gasteiger partial charge in [-0.2, -0.15) is 0 Å². The predicted molar refractivity (Wildman–Crippen MR) is 91.7 cm³/mol. The van der Waals surface area contributed by atoms with Crippen LogP contribution in [0.2, 0.25) is 5.02 Å². The van der Waals surface area contributed by atoms with Crippen molar-refractivity contribution in [3.05, 3.63) is 65.1 Å². The van der Waals surface area contributed by atoms with Gasteiger partial charge in [0, 0.05) is 42.8 Å². The number of piperazine rings is 1. The summed E-state index contributed by atoms with van der Waals surface area (Å²) in [7, 11) is 0. The van der Waals surface area contributed by atoms with Gasteiger partial charge in [0.2, 0.25) is 5.91 Å². The molecule has 24 heavy (non-hydrogen) atoms. The van der Waals surface area contributed by atoms with E-state index in [1.54, 1.807) is 58.5 Å². The van der Waals surface area contributed by atoms with Gasteiger partial charge < -0.3 is 14.2 Å². The molecule has 124 valence electrons. The normalized spacial score (nSPS) is 15.0. The molecule has 3 rings (SSSR count). The number of furan rings is 1. The molecule has 6 heteroatoms. The van der Waals surface area contributed by atoms with Gasteiger partial charge in [0.1, 0.15) is 5.76 Å². The molecular formula is C18H17ClN2O3. The van der Waals surface area contributed by atoms with Gasteiger partial charge in [-0.1, -0.05) is 11.6 Å². The Morgan fingerprint density at radius 3 is 2.29 bits per heavy atom. The molecule has 0 radical (unpaired) electrons. The van der Waals surface area contributed by atoms with Gasteiger partial charge in [0.25, 0.3) is 5.91 Å². The highest BCUT2D eigenvalue weighted by Gasteiger charge is 2.23. The molecule has 1 aliphatic rings. The van der Waals surface area contributed by atoms with Crippen molar-refractivity contribution in [2.24, 2.45) is 0 Å². The molecule has 0 bridgehead atoms. The lowest BCUT2D eigenvalue weighted by molar-refractivity contribution is -0.127. The Hall–Kier alpha value is -2.53. The van der Waals surface area contributed by atoms with E-state index in [1.165, 1.54) is 6.08 Å². The third-order valence-electron chi connectivity index (χ3n) is 3.90. The van der Waals surface area contributed by atoms with E-state index in [0.29, 0.717) is 42.5 Å². The average Bonchev–Trinajstić information content (AvgIpc) is 3.13. The number of rotatable bonds is 3. The zero-order valence-electron chi connectivity index (χ0n) is 13.0. The van der Waals surface area contributed by atoms with E-state index < -0.39 is 0 Å². The molecule has 0 atom stereocenters. The van der Waals surface area contributed by atoms with Crippen molar-refractivity contribution < 1.29 is 14.0 Å². The van der Waals surface area contributed by atoms with Crippen molar-refractivity contribution in [1.82, 2.24) is 9.80 Å². The van der Waals surface area contributed by atoms with Crippen LogP contribution < -0.4 is 0 Å². The maximum absolute atomic E-state index is 12.4. The highest BCUT2D eigenvalue weighted by molar-refractivity contribution is 6.30. The molecular weight excluding hydrogens is 328 g/mol. The Balaban J connectivity index is 1.54.